The highest BCUT2D eigenvalue weighted by molar-refractivity contribution is 5.48. The highest BCUT2D eigenvalue weighted by Gasteiger charge is 2.12. The second kappa shape index (κ2) is 8.85. The molecule has 0 aliphatic heterocycles. The van der Waals surface area contributed by atoms with Gasteiger partial charge in [0.15, 0.2) is 0 Å². The van der Waals surface area contributed by atoms with Gasteiger partial charge in [0, 0.05) is 24.9 Å². The van der Waals surface area contributed by atoms with E-state index in [4.69, 9.17) is 9.47 Å². The van der Waals surface area contributed by atoms with Crippen molar-refractivity contribution in [3.63, 3.8) is 0 Å². The van der Waals surface area contributed by atoms with Crippen LogP contribution in [0.2, 0.25) is 0 Å². The molecule has 0 atom stereocenters. The average Bonchev–Trinajstić information content (AvgIpc) is 2.51. The number of hydrogen-bond acceptors (Lipinski definition) is 3. The van der Waals surface area contributed by atoms with E-state index in [1.807, 2.05) is 19.1 Å². The van der Waals surface area contributed by atoms with Crippen LogP contribution in [0.4, 0.5) is 5.69 Å². The fourth-order valence-electron chi connectivity index (χ4n) is 2.71. The van der Waals surface area contributed by atoms with Gasteiger partial charge in [0.2, 0.25) is 0 Å². The Morgan fingerprint density at radius 3 is 2.80 bits per heavy atom. The summed E-state index contributed by atoms with van der Waals surface area (Å²) in [4.78, 5) is 0. The highest BCUT2D eigenvalue weighted by atomic mass is 16.5. The Morgan fingerprint density at radius 1 is 1.15 bits per heavy atom. The molecule has 3 nitrogen and oxygen atoms in total. The molecule has 0 unspecified atom stereocenters. The van der Waals surface area contributed by atoms with Crippen LogP contribution in [0, 0.1) is 5.92 Å². The average molecular weight is 277 g/mol. The van der Waals surface area contributed by atoms with E-state index >= 15 is 0 Å². The number of hydrogen-bond donors (Lipinski definition) is 1. The minimum Gasteiger partial charge on any atom is -0.491 e. The lowest BCUT2D eigenvalue weighted by atomic mass is 9.89. The number of anilines is 1. The molecule has 0 bridgehead atoms. The van der Waals surface area contributed by atoms with Crippen molar-refractivity contribution < 1.29 is 9.47 Å². The van der Waals surface area contributed by atoms with Crippen LogP contribution in [0.1, 0.15) is 39.0 Å². The minimum atomic E-state index is 0.611. The van der Waals surface area contributed by atoms with Gasteiger partial charge in [0.1, 0.15) is 12.4 Å². The zero-order valence-corrected chi connectivity index (χ0v) is 12.6. The summed E-state index contributed by atoms with van der Waals surface area (Å²) < 4.78 is 10.9. The molecule has 112 valence electrons. The normalized spacial score (nSPS) is 16.1. The van der Waals surface area contributed by atoms with Crippen molar-refractivity contribution in [2.45, 2.75) is 39.0 Å². The highest BCUT2D eigenvalue weighted by Crippen LogP contribution is 2.24. The number of benzene rings is 1. The second-order valence-corrected chi connectivity index (χ2v) is 5.46. The Morgan fingerprint density at radius 2 is 2.00 bits per heavy atom. The SMILES string of the molecule is CCOCCOc1cccc(NCC2CCCCC2)c1. The predicted octanol–water partition coefficient (Wildman–Crippen LogP) is 4.09. The smallest absolute Gasteiger partial charge is 0.121 e. The van der Waals surface area contributed by atoms with E-state index < -0.39 is 0 Å². The summed E-state index contributed by atoms with van der Waals surface area (Å²) in [6, 6.07) is 8.23. The molecule has 0 amide bonds. The Bertz CT molecular complexity index is 375. The third-order valence-corrected chi connectivity index (χ3v) is 3.85. The van der Waals surface area contributed by atoms with Crippen LogP contribution < -0.4 is 10.1 Å². The lowest BCUT2D eigenvalue weighted by Gasteiger charge is -2.22. The van der Waals surface area contributed by atoms with Gasteiger partial charge >= 0.3 is 0 Å². The van der Waals surface area contributed by atoms with E-state index in [0.717, 1.165) is 30.5 Å². The third-order valence-electron chi connectivity index (χ3n) is 3.85. The van der Waals surface area contributed by atoms with Crippen LogP contribution in [0.3, 0.4) is 0 Å². The summed E-state index contributed by atoms with van der Waals surface area (Å²) >= 11 is 0. The summed E-state index contributed by atoms with van der Waals surface area (Å²) in [6.45, 7) is 5.08. The molecule has 1 fully saturated rings. The number of nitrogens with one attached hydrogen (secondary N) is 1. The standard InChI is InChI=1S/C17H27NO2/c1-2-19-11-12-20-17-10-6-9-16(13-17)18-14-15-7-4-3-5-8-15/h6,9-10,13,15,18H,2-5,7-8,11-12,14H2,1H3. The van der Waals surface area contributed by atoms with Gasteiger partial charge in [-0.3, -0.25) is 0 Å². The summed E-state index contributed by atoms with van der Waals surface area (Å²) in [5, 5.41) is 3.55. The van der Waals surface area contributed by atoms with Crippen LogP contribution >= 0.6 is 0 Å². The fourth-order valence-corrected chi connectivity index (χ4v) is 2.71. The zero-order chi connectivity index (χ0) is 14.0. The fraction of sp³-hybridized carbons (Fsp3) is 0.647. The van der Waals surface area contributed by atoms with Crippen LogP contribution in [-0.2, 0) is 4.74 Å². The first-order valence-electron chi connectivity index (χ1n) is 7.93. The summed E-state index contributed by atoms with van der Waals surface area (Å²) in [6.07, 6.45) is 6.95. The molecule has 1 aromatic carbocycles. The van der Waals surface area contributed by atoms with Crippen molar-refractivity contribution in [1.29, 1.82) is 0 Å². The van der Waals surface area contributed by atoms with E-state index in [1.54, 1.807) is 0 Å². The molecule has 0 aromatic heterocycles. The predicted molar refractivity (Wildman–Crippen MR) is 83.5 cm³/mol. The van der Waals surface area contributed by atoms with Gasteiger partial charge in [-0.05, 0) is 37.8 Å². The molecular formula is C17H27NO2. The van der Waals surface area contributed by atoms with Gasteiger partial charge in [-0.2, -0.15) is 0 Å². The van der Waals surface area contributed by atoms with E-state index in [1.165, 1.54) is 32.1 Å². The van der Waals surface area contributed by atoms with Crippen molar-refractivity contribution in [1.82, 2.24) is 0 Å². The zero-order valence-electron chi connectivity index (χ0n) is 12.6. The largest absolute Gasteiger partial charge is 0.491 e. The molecule has 0 radical (unpaired) electrons. The van der Waals surface area contributed by atoms with E-state index in [-0.39, 0.29) is 0 Å². The number of rotatable bonds is 8. The van der Waals surface area contributed by atoms with E-state index in [9.17, 15) is 0 Å². The second-order valence-electron chi connectivity index (χ2n) is 5.46. The van der Waals surface area contributed by atoms with E-state index in [2.05, 4.69) is 17.4 Å². The topological polar surface area (TPSA) is 30.5 Å². The summed E-state index contributed by atoms with van der Waals surface area (Å²) in [5.74, 6) is 1.75. The molecule has 0 saturated heterocycles. The minimum absolute atomic E-state index is 0.611. The Labute approximate surface area is 122 Å². The maximum Gasteiger partial charge on any atom is 0.121 e. The molecular weight excluding hydrogens is 250 g/mol. The van der Waals surface area contributed by atoms with Gasteiger partial charge in [-0.15, -0.1) is 0 Å². The quantitative estimate of drug-likeness (QED) is 0.726. The van der Waals surface area contributed by atoms with Crippen molar-refractivity contribution in [3.05, 3.63) is 24.3 Å². The van der Waals surface area contributed by atoms with Gasteiger partial charge in [0.05, 0.1) is 6.61 Å². The Kier molecular flexibility index (Phi) is 6.72. The summed E-state index contributed by atoms with van der Waals surface area (Å²) in [5.41, 5.74) is 1.16. The molecule has 1 N–H and O–H groups in total. The molecule has 1 saturated carbocycles. The molecule has 1 aliphatic carbocycles. The van der Waals surface area contributed by atoms with Gasteiger partial charge < -0.3 is 14.8 Å². The van der Waals surface area contributed by atoms with Crippen molar-refractivity contribution in [3.8, 4) is 5.75 Å². The van der Waals surface area contributed by atoms with Crippen molar-refractivity contribution in [2.75, 3.05) is 31.7 Å². The Balaban J connectivity index is 1.73. The van der Waals surface area contributed by atoms with Gasteiger partial charge in [-0.25, -0.2) is 0 Å². The lowest BCUT2D eigenvalue weighted by Crippen LogP contribution is -2.17. The third kappa shape index (κ3) is 5.41. The number of ether oxygens (including phenoxy) is 2. The van der Waals surface area contributed by atoms with Gasteiger partial charge in [-0.1, -0.05) is 25.3 Å². The molecule has 3 heteroatoms. The first-order valence-corrected chi connectivity index (χ1v) is 7.93. The van der Waals surface area contributed by atoms with Crippen LogP contribution in [0.15, 0.2) is 24.3 Å². The molecule has 1 aromatic rings. The van der Waals surface area contributed by atoms with Crippen molar-refractivity contribution >= 4 is 5.69 Å². The van der Waals surface area contributed by atoms with Crippen LogP contribution in [-0.4, -0.2) is 26.4 Å². The molecule has 20 heavy (non-hydrogen) atoms. The van der Waals surface area contributed by atoms with Crippen molar-refractivity contribution in [2.24, 2.45) is 5.92 Å². The maximum atomic E-state index is 5.68. The maximum absolute atomic E-state index is 5.68. The molecule has 2 rings (SSSR count). The monoisotopic (exact) mass is 277 g/mol. The lowest BCUT2D eigenvalue weighted by molar-refractivity contribution is 0.110. The summed E-state index contributed by atoms with van der Waals surface area (Å²) in [7, 11) is 0. The first-order chi connectivity index (χ1) is 9.88. The molecule has 0 spiro atoms. The van der Waals surface area contributed by atoms with Crippen LogP contribution in [0.25, 0.3) is 0 Å². The molecule has 1 aliphatic rings. The Hall–Kier alpha value is -1.22. The van der Waals surface area contributed by atoms with Gasteiger partial charge in [0.25, 0.3) is 0 Å². The van der Waals surface area contributed by atoms with Crippen LogP contribution in [0.5, 0.6) is 5.75 Å². The first kappa shape index (κ1) is 15.2. The molecule has 0 heterocycles. The van der Waals surface area contributed by atoms with E-state index in [0.29, 0.717) is 13.2 Å².